The minimum Gasteiger partial charge on any atom is -0.393 e. The molecule has 0 amide bonds. The fourth-order valence-electron chi connectivity index (χ4n) is 1.22. The van der Waals surface area contributed by atoms with Crippen LogP contribution in [0.1, 0.15) is 25.6 Å². The molecule has 0 spiro atoms. The van der Waals surface area contributed by atoms with Crippen LogP contribution in [0, 0.1) is 5.92 Å². The normalized spacial score (nSPS) is 13.6. The number of aliphatic hydroxyl groups is 2. The summed E-state index contributed by atoms with van der Waals surface area (Å²) in [6.07, 6.45) is 0.817. The summed E-state index contributed by atoms with van der Waals surface area (Å²) in [5.74, 6) is 0.476. The molecule has 13 heavy (non-hydrogen) atoms. The van der Waals surface area contributed by atoms with Gasteiger partial charge in [0.05, 0.1) is 12.3 Å². The van der Waals surface area contributed by atoms with Crippen molar-refractivity contribution in [2.24, 2.45) is 5.92 Å². The van der Waals surface area contributed by atoms with Gasteiger partial charge in [-0.25, -0.2) is 0 Å². The molecule has 0 fully saturated rings. The van der Waals surface area contributed by atoms with Crippen molar-refractivity contribution in [2.75, 3.05) is 6.61 Å². The first kappa shape index (κ1) is 10.2. The largest absolute Gasteiger partial charge is 0.393 e. The molecule has 1 unspecified atom stereocenters. The molecule has 1 heterocycles. The van der Waals surface area contributed by atoms with Gasteiger partial charge in [-0.3, -0.25) is 4.68 Å². The highest BCUT2D eigenvalue weighted by Crippen LogP contribution is 2.12. The molecule has 1 rings (SSSR count). The van der Waals surface area contributed by atoms with Gasteiger partial charge in [-0.15, -0.1) is 0 Å². The molecule has 0 radical (unpaired) electrons. The molecule has 2 N–H and O–H groups in total. The van der Waals surface area contributed by atoms with Crippen LogP contribution in [0.15, 0.2) is 12.3 Å². The Morgan fingerprint density at radius 1 is 1.54 bits per heavy atom. The number of rotatable bonds is 4. The van der Waals surface area contributed by atoms with Crippen LogP contribution >= 0.6 is 0 Å². The Morgan fingerprint density at radius 3 is 2.77 bits per heavy atom. The predicted molar refractivity (Wildman–Crippen MR) is 49.1 cm³/mol. The number of aromatic nitrogens is 2. The fraction of sp³-hybridized carbons (Fsp3) is 0.667. The van der Waals surface area contributed by atoms with Crippen LogP contribution in [0.3, 0.4) is 0 Å². The Bertz CT molecular complexity index is 258. The smallest absolute Gasteiger partial charge is 0.119 e. The zero-order valence-corrected chi connectivity index (χ0v) is 8.01. The Hall–Kier alpha value is -0.870. The van der Waals surface area contributed by atoms with Gasteiger partial charge in [-0.05, 0) is 12.0 Å². The summed E-state index contributed by atoms with van der Waals surface area (Å²) < 4.78 is 1.73. The van der Waals surface area contributed by atoms with Gasteiger partial charge in [0.2, 0.25) is 0 Å². The van der Waals surface area contributed by atoms with Crippen molar-refractivity contribution in [1.82, 2.24) is 9.78 Å². The average Bonchev–Trinajstić information content (AvgIpc) is 2.50. The average molecular weight is 184 g/mol. The summed E-state index contributed by atoms with van der Waals surface area (Å²) in [7, 11) is 0. The van der Waals surface area contributed by atoms with Crippen LogP contribution in [-0.2, 0) is 6.54 Å². The molecule has 1 aromatic rings. The van der Waals surface area contributed by atoms with E-state index in [1.54, 1.807) is 16.9 Å². The Kier molecular flexibility index (Phi) is 3.45. The maximum absolute atomic E-state index is 9.40. The Balaban J connectivity index is 2.76. The topological polar surface area (TPSA) is 58.3 Å². The summed E-state index contributed by atoms with van der Waals surface area (Å²) in [6, 6.07) is 1.73. The highest BCUT2D eigenvalue weighted by molar-refractivity contribution is 5.04. The van der Waals surface area contributed by atoms with E-state index in [1.807, 2.05) is 0 Å². The number of nitrogens with zero attached hydrogens (tertiary/aromatic N) is 2. The molecule has 1 atom stereocenters. The summed E-state index contributed by atoms with van der Waals surface area (Å²) in [6.45, 7) is 4.66. The molecular weight excluding hydrogens is 168 g/mol. The molecule has 0 bridgehead atoms. The lowest BCUT2D eigenvalue weighted by Crippen LogP contribution is -2.14. The quantitative estimate of drug-likeness (QED) is 0.719. The van der Waals surface area contributed by atoms with Gasteiger partial charge in [0.15, 0.2) is 0 Å². The van der Waals surface area contributed by atoms with Crippen molar-refractivity contribution in [3.8, 4) is 0 Å². The molecule has 0 aliphatic rings. The maximum atomic E-state index is 9.40. The van der Waals surface area contributed by atoms with E-state index in [0.29, 0.717) is 11.6 Å². The predicted octanol–water partition coefficient (Wildman–Crippen LogP) is 0.565. The second-order valence-electron chi connectivity index (χ2n) is 3.53. The zero-order chi connectivity index (χ0) is 9.84. The molecule has 0 aromatic carbocycles. The van der Waals surface area contributed by atoms with Crippen molar-refractivity contribution >= 4 is 0 Å². The van der Waals surface area contributed by atoms with Gasteiger partial charge >= 0.3 is 0 Å². The Morgan fingerprint density at radius 2 is 2.23 bits per heavy atom. The SMILES string of the molecule is CC(C)Cn1nccc1C(O)CO. The van der Waals surface area contributed by atoms with Crippen molar-refractivity contribution in [3.05, 3.63) is 18.0 Å². The summed E-state index contributed by atoms with van der Waals surface area (Å²) in [5, 5.41) is 22.2. The standard InChI is InChI=1S/C9H16N2O2/c1-7(2)5-11-8(3-4-10-11)9(13)6-12/h3-4,7,9,12-13H,5-6H2,1-2H3. The zero-order valence-electron chi connectivity index (χ0n) is 8.01. The van der Waals surface area contributed by atoms with Gasteiger partial charge in [0.25, 0.3) is 0 Å². The summed E-state index contributed by atoms with van der Waals surface area (Å²) in [4.78, 5) is 0. The third-order valence-corrected chi connectivity index (χ3v) is 1.80. The lowest BCUT2D eigenvalue weighted by Gasteiger charge is -2.12. The van der Waals surface area contributed by atoms with E-state index in [2.05, 4.69) is 18.9 Å². The summed E-state index contributed by atoms with van der Waals surface area (Å²) in [5.41, 5.74) is 0.677. The highest BCUT2D eigenvalue weighted by atomic mass is 16.3. The molecule has 4 nitrogen and oxygen atoms in total. The first-order valence-corrected chi connectivity index (χ1v) is 4.45. The van der Waals surface area contributed by atoms with Gasteiger partial charge < -0.3 is 10.2 Å². The number of aliphatic hydroxyl groups excluding tert-OH is 2. The number of hydrogen-bond acceptors (Lipinski definition) is 3. The molecule has 74 valence electrons. The first-order chi connectivity index (χ1) is 6.15. The summed E-state index contributed by atoms with van der Waals surface area (Å²) >= 11 is 0. The van der Waals surface area contributed by atoms with E-state index in [9.17, 15) is 5.11 Å². The van der Waals surface area contributed by atoms with Crippen LogP contribution < -0.4 is 0 Å². The van der Waals surface area contributed by atoms with Crippen LogP contribution in [0.4, 0.5) is 0 Å². The van der Waals surface area contributed by atoms with Crippen molar-refractivity contribution in [1.29, 1.82) is 0 Å². The van der Waals surface area contributed by atoms with Crippen LogP contribution in [0.5, 0.6) is 0 Å². The van der Waals surface area contributed by atoms with Crippen molar-refractivity contribution in [3.63, 3.8) is 0 Å². The first-order valence-electron chi connectivity index (χ1n) is 4.45. The van der Waals surface area contributed by atoms with Gasteiger partial charge in [0, 0.05) is 12.7 Å². The Labute approximate surface area is 77.8 Å². The molecule has 0 aliphatic carbocycles. The fourth-order valence-corrected chi connectivity index (χ4v) is 1.22. The second kappa shape index (κ2) is 4.39. The van der Waals surface area contributed by atoms with E-state index in [-0.39, 0.29) is 6.61 Å². The molecule has 1 aromatic heterocycles. The van der Waals surface area contributed by atoms with E-state index < -0.39 is 6.10 Å². The van der Waals surface area contributed by atoms with E-state index in [0.717, 1.165) is 6.54 Å². The van der Waals surface area contributed by atoms with Crippen LogP contribution in [-0.4, -0.2) is 26.6 Å². The van der Waals surface area contributed by atoms with Crippen molar-refractivity contribution in [2.45, 2.75) is 26.5 Å². The second-order valence-corrected chi connectivity index (χ2v) is 3.53. The highest BCUT2D eigenvalue weighted by Gasteiger charge is 2.12. The number of hydrogen-bond donors (Lipinski definition) is 2. The third kappa shape index (κ3) is 2.54. The molecule has 0 saturated heterocycles. The lowest BCUT2D eigenvalue weighted by atomic mass is 10.2. The van der Waals surface area contributed by atoms with E-state index >= 15 is 0 Å². The maximum Gasteiger partial charge on any atom is 0.119 e. The van der Waals surface area contributed by atoms with Crippen LogP contribution in [0.2, 0.25) is 0 Å². The van der Waals surface area contributed by atoms with Gasteiger partial charge in [-0.1, -0.05) is 13.8 Å². The minimum atomic E-state index is -0.818. The molecular formula is C9H16N2O2. The van der Waals surface area contributed by atoms with Gasteiger partial charge in [-0.2, -0.15) is 5.10 Å². The van der Waals surface area contributed by atoms with Gasteiger partial charge in [0.1, 0.15) is 6.10 Å². The molecule has 0 saturated carbocycles. The van der Waals surface area contributed by atoms with E-state index in [4.69, 9.17) is 5.11 Å². The third-order valence-electron chi connectivity index (χ3n) is 1.80. The molecule has 0 aliphatic heterocycles. The lowest BCUT2D eigenvalue weighted by molar-refractivity contribution is 0.0874. The molecule has 4 heteroatoms. The van der Waals surface area contributed by atoms with Crippen LogP contribution in [0.25, 0.3) is 0 Å². The van der Waals surface area contributed by atoms with Crippen molar-refractivity contribution < 1.29 is 10.2 Å². The minimum absolute atomic E-state index is 0.260. The van der Waals surface area contributed by atoms with E-state index in [1.165, 1.54) is 0 Å². The monoisotopic (exact) mass is 184 g/mol.